The van der Waals surface area contributed by atoms with Crippen LogP contribution >= 0.6 is 22.6 Å². The zero-order chi connectivity index (χ0) is 13.0. The second-order valence-corrected chi connectivity index (χ2v) is 5.59. The van der Waals surface area contributed by atoms with E-state index in [0.717, 1.165) is 36.3 Å². The Morgan fingerprint density at radius 3 is 2.83 bits per heavy atom. The molecule has 1 heterocycles. The first-order valence-electron chi connectivity index (χ1n) is 5.98. The molecule has 1 saturated heterocycles. The number of nitrogens with one attached hydrogen (secondary N) is 1. The molecule has 1 aliphatic rings. The number of benzene rings is 1. The van der Waals surface area contributed by atoms with Gasteiger partial charge in [-0.1, -0.05) is 5.11 Å². The summed E-state index contributed by atoms with van der Waals surface area (Å²) < 4.78 is 1.16. The van der Waals surface area contributed by atoms with Gasteiger partial charge in [0, 0.05) is 46.9 Å². The molecule has 2 rings (SSSR count). The van der Waals surface area contributed by atoms with Gasteiger partial charge >= 0.3 is 0 Å². The van der Waals surface area contributed by atoms with Gasteiger partial charge in [-0.25, -0.2) is 0 Å². The molecule has 1 N–H and O–H groups in total. The smallest absolute Gasteiger partial charge is 0.0389 e. The van der Waals surface area contributed by atoms with Crippen molar-refractivity contribution >= 4 is 28.3 Å². The van der Waals surface area contributed by atoms with E-state index in [-0.39, 0.29) is 0 Å². The second-order valence-electron chi connectivity index (χ2n) is 4.43. The molecule has 1 aromatic rings. The zero-order valence-electron chi connectivity index (χ0n) is 10.4. The van der Waals surface area contributed by atoms with Gasteiger partial charge in [-0.15, -0.1) is 0 Å². The van der Waals surface area contributed by atoms with E-state index in [2.05, 4.69) is 49.8 Å². The molecular weight excluding hydrogens is 341 g/mol. The van der Waals surface area contributed by atoms with Crippen molar-refractivity contribution in [2.45, 2.75) is 13.5 Å². The molecule has 1 aromatic carbocycles. The normalized spacial score (nSPS) is 16.3. The molecule has 0 radical (unpaired) electrons. The largest absolute Gasteiger partial charge is 0.314 e. The first-order chi connectivity index (χ1) is 8.70. The third-order valence-corrected chi connectivity index (χ3v) is 4.32. The maximum atomic E-state index is 8.53. The number of nitrogens with zero attached hydrogens (tertiary/aromatic N) is 4. The van der Waals surface area contributed by atoms with Gasteiger partial charge in [0.15, 0.2) is 0 Å². The van der Waals surface area contributed by atoms with Crippen LogP contribution in [-0.4, -0.2) is 31.1 Å². The van der Waals surface area contributed by atoms with Gasteiger partial charge in [0.05, 0.1) is 0 Å². The van der Waals surface area contributed by atoms with Gasteiger partial charge in [0.1, 0.15) is 0 Å². The molecule has 0 saturated carbocycles. The van der Waals surface area contributed by atoms with E-state index >= 15 is 0 Å². The van der Waals surface area contributed by atoms with Gasteiger partial charge in [-0.3, -0.25) is 4.90 Å². The van der Waals surface area contributed by atoms with E-state index < -0.39 is 0 Å². The molecule has 1 fully saturated rings. The summed E-state index contributed by atoms with van der Waals surface area (Å²) in [4.78, 5) is 5.29. The van der Waals surface area contributed by atoms with Gasteiger partial charge < -0.3 is 5.32 Å². The highest BCUT2D eigenvalue weighted by Crippen LogP contribution is 2.25. The highest BCUT2D eigenvalue weighted by atomic mass is 127. The molecular formula is C12H16IN5. The summed E-state index contributed by atoms with van der Waals surface area (Å²) in [5.74, 6) is 0. The van der Waals surface area contributed by atoms with Crippen LogP contribution in [-0.2, 0) is 6.54 Å². The third-order valence-electron chi connectivity index (χ3n) is 3.20. The molecule has 0 unspecified atom stereocenters. The van der Waals surface area contributed by atoms with Crippen molar-refractivity contribution in [1.82, 2.24) is 10.2 Å². The minimum atomic E-state index is 0.706. The third kappa shape index (κ3) is 3.35. The van der Waals surface area contributed by atoms with Crippen LogP contribution in [0, 0.1) is 10.5 Å². The van der Waals surface area contributed by atoms with Crippen LogP contribution in [0.5, 0.6) is 0 Å². The van der Waals surface area contributed by atoms with E-state index in [1.807, 2.05) is 12.1 Å². The molecule has 0 amide bonds. The lowest BCUT2D eigenvalue weighted by Gasteiger charge is -2.28. The van der Waals surface area contributed by atoms with Crippen LogP contribution in [0.2, 0.25) is 0 Å². The minimum Gasteiger partial charge on any atom is -0.314 e. The van der Waals surface area contributed by atoms with Crippen molar-refractivity contribution in [2.24, 2.45) is 5.11 Å². The first kappa shape index (κ1) is 13.6. The summed E-state index contributed by atoms with van der Waals surface area (Å²) >= 11 is 2.30. The molecule has 5 nitrogen and oxygen atoms in total. The lowest BCUT2D eigenvalue weighted by atomic mass is 10.1. The van der Waals surface area contributed by atoms with Gasteiger partial charge in [0.25, 0.3) is 0 Å². The van der Waals surface area contributed by atoms with Crippen LogP contribution in [0.15, 0.2) is 17.2 Å². The van der Waals surface area contributed by atoms with Gasteiger partial charge in [-0.2, -0.15) is 0 Å². The molecule has 0 atom stereocenters. The summed E-state index contributed by atoms with van der Waals surface area (Å²) in [5.41, 5.74) is 11.8. The summed E-state index contributed by atoms with van der Waals surface area (Å²) in [6, 6.07) is 3.93. The summed E-state index contributed by atoms with van der Waals surface area (Å²) in [6.07, 6.45) is 0. The van der Waals surface area contributed by atoms with E-state index in [1.54, 1.807) is 0 Å². The van der Waals surface area contributed by atoms with Crippen LogP contribution in [0.25, 0.3) is 10.4 Å². The predicted molar refractivity (Wildman–Crippen MR) is 80.8 cm³/mol. The fraction of sp³-hybridized carbons (Fsp3) is 0.500. The number of azide groups is 1. The fourth-order valence-electron chi connectivity index (χ4n) is 2.10. The van der Waals surface area contributed by atoms with Gasteiger partial charge in [0.2, 0.25) is 0 Å². The molecule has 0 spiro atoms. The number of piperazine rings is 1. The topological polar surface area (TPSA) is 64.0 Å². The molecule has 0 aliphatic carbocycles. The van der Waals surface area contributed by atoms with E-state index in [1.165, 1.54) is 11.1 Å². The molecule has 6 heteroatoms. The lowest BCUT2D eigenvalue weighted by molar-refractivity contribution is 0.233. The Morgan fingerprint density at radius 1 is 1.44 bits per heavy atom. The van der Waals surface area contributed by atoms with Crippen LogP contribution in [0.4, 0.5) is 5.69 Å². The summed E-state index contributed by atoms with van der Waals surface area (Å²) in [5, 5.41) is 7.06. The summed E-state index contributed by atoms with van der Waals surface area (Å²) in [6.45, 7) is 7.29. The SMILES string of the molecule is Cc1c(I)cc(N=[N+]=[N-])cc1CN1CCNCC1. The van der Waals surface area contributed by atoms with Crippen molar-refractivity contribution < 1.29 is 0 Å². The number of hydrogen-bond acceptors (Lipinski definition) is 3. The molecule has 0 aromatic heterocycles. The van der Waals surface area contributed by atoms with Crippen molar-refractivity contribution in [3.05, 3.63) is 37.3 Å². The zero-order valence-corrected chi connectivity index (χ0v) is 12.5. The molecule has 0 bridgehead atoms. The standard InChI is InChI=1S/C12H16IN5/c1-9-10(8-18-4-2-15-3-5-18)6-11(16-17-14)7-12(9)13/h6-7,15H,2-5,8H2,1H3. The Morgan fingerprint density at radius 2 is 2.17 bits per heavy atom. The van der Waals surface area contributed by atoms with E-state index in [0.29, 0.717) is 5.69 Å². The average Bonchev–Trinajstić information content (AvgIpc) is 2.37. The Bertz CT molecular complexity index is 476. The van der Waals surface area contributed by atoms with E-state index in [9.17, 15) is 0 Å². The number of hydrogen-bond donors (Lipinski definition) is 1. The maximum Gasteiger partial charge on any atom is 0.0389 e. The quantitative estimate of drug-likeness (QED) is 0.391. The Kier molecular flexibility index (Phi) is 4.82. The van der Waals surface area contributed by atoms with Gasteiger partial charge in [-0.05, 0) is 58.3 Å². The molecule has 1 aliphatic heterocycles. The maximum absolute atomic E-state index is 8.53. The Balaban J connectivity index is 2.22. The predicted octanol–water partition coefficient (Wildman–Crippen LogP) is 2.95. The minimum absolute atomic E-state index is 0.706. The average molecular weight is 357 g/mol. The molecule has 96 valence electrons. The number of halogens is 1. The Labute approximate surface area is 120 Å². The van der Waals surface area contributed by atoms with Crippen LogP contribution < -0.4 is 5.32 Å². The van der Waals surface area contributed by atoms with E-state index in [4.69, 9.17) is 5.53 Å². The van der Waals surface area contributed by atoms with Crippen LogP contribution in [0.3, 0.4) is 0 Å². The fourth-order valence-corrected chi connectivity index (χ4v) is 2.77. The van der Waals surface area contributed by atoms with Crippen molar-refractivity contribution in [2.75, 3.05) is 26.2 Å². The van der Waals surface area contributed by atoms with Crippen molar-refractivity contribution in [1.29, 1.82) is 0 Å². The van der Waals surface area contributed by atoms with Crippen molar-refractivity contribution in [3.8, 4) is 0 Å². The molecule has 18 heavy (non-hydrogen) atoms. The lowest BCUT2D eigenvalue weighted by Crippen LogP contribution is -2.43. The highest BCUT2D eigenvalue weighted by molar-refractivity contribution is 14.1. The summed E-state index contributed by atoms with van der Waals surface area (Å²) in [7, 11) is 0. The number of rotatable bonds is 3. The first-order valence-corrected chi connectivity index (χ1v) is 7.06. The monoisotopic (exact) mass is 357 g/mol. The Hall–Kier alpha value is -0.820. The highest BCUT2D eigenvalue weighted by Gasteiger charge is 2.12. The van der Waals surface area contributed by atoms with Crippen molar-refractivity contribution in [3.63, 3.8) is 0 Å². The van der Waals surface area contributed by atoms with Crippen LogP contribution in [0.1, 0.15) is 11.1 Å². The second kappa shape index (κ2) is 6.38.